The summed E-state index contributed by atoms with van der Waals surface area (Å²) in [4.78, 5) is 10.0. The molecule has 1 atom stereocenters. The minimum atomic E-state index is -2.98. The van der Waals surface area contributed by atoms with Crippen LogP contribution in [0.1, 0.15) is 0 Å². The SMILES string of the molecule is CS(=O)CC(=O)C(F)F. The molecule has 0 heterocycles. The van der Waals surface area contributed by atoms with Crippen LogP contribution in [0.25, 0.3) is 0 Å². The number of halogens is 2. The van der Waals surface area contributed by atoms with Crippen molar-refractivity contribution >= 4 is 16.6 Å². The second kappa shape index (κ2) is 3.66. The quantitative estimate of drug-likeness (QED) is 0.585. The number of ketones is 1. The van der Waals surface area contributed by atoms with E-state index in [-0.39, 0.29) is 0 Å². The fraction of sp³-hybridized carbons (Fsp3) is 0.750. The van der Waals surface area contributed by atoms with Gasteiger partial charge in [0.25, 0.3) is 6.43 Å². The first-order valence-electron chi connectivity index (χ1n) is 2.15. The van der Waals surface area contributed by atoms with Gasteiger partial charge < -0.3 is 0 Å². The predicted octanol–water partition coefficient (Wildman–Crippen LogP) is 0.199. The van der Waals surface area contributed by atoms with Gasteiger partial charge in [-0.1, -0.05) is 0 Å². The molecule has 1 unspecified atom stereocenters. The maximum absolute atomic E-state index is 11.3. The van der Waals surface area contributed by atoms with Gasteiger partial charge in [0.15, 0.2) is 0 Å². The van der Waals surface area contributed by atoms with Gasteiger partial charge in [-0.3, -0.25) is 9.00 Å². The minimum Gasteiger partial charge on any atom is -0.292 e. The maximum Gasteiger partial charge on any atom is 0.296 e. The van der Waals surface area contributed by atoms with Crippen LogP contribution in [0, 0.1) is 0 Å². The molecule has 0 saturated heterocycles. The number of Topliss-reactive ketones (excluding diaryl/α,β-unsaturated/α-hetero) is 1. The zero-order chi connectivity index (χ0) is 7.44. The molecule has 0 amide bonds. The van der Waals surface area contributed by atoms with Crippen LogP contribution in [0.2, 0.25) is 0 Å². The van der Waals surface area contributed by atoms with Crippen molar-refractivity contribution in [3.63, 3.8) is 0 Å². The lowest BCUT2D eigenvalue weighted by molar-refractivity contribution is -0.126. The first kappa shape index (κ1) is 8.68. The molecule has 0 aromatic heterocycles. The van der Waals surface area contributed by atoms with E-state index in [0.717, 1.165) is 0 Å². The van der Waals surface area contributed by atoms with Gasteiger partial charge in [0.2, 0.25) is 5.78 Å². The highest BCUT2D eigenvalue weighted by atomic mass is 32.2. The van der Waals surface area contributed by atoms with Gasteiger partial charge >= 0.3 is 0 Å². The molecular formula is C4H6F2O2S. The number of hydrogen-bond acceptors (Lipinski definition) is 2. The fourth-order valence-electron chi connectivity index (χ4n) is 0.263. The molecule has 0 bridgehead atoms. The van der Waals surface area contributed by atoms with Crippen LogP contribution in [0.5, 0.6) is 0 Å². The van der Waals surface area contributed by atoms with E-state index in [1.165, 1.54) is 6.26 Å². The molecule has 0 N–H and O–H groups in total. The lowest BCUT2D eigenvalue weighted by Crippen LogP contribution is -2.17. The summed E-state index contributed by atoms with van der Waals surface area (Å²) in [6, 6.07) is 0. The molecule has 0 spiro atoms. The smallest absolute Gasteiger partial charge is 0.292 e. The van der Waals surface area contributed by atoms with Crippen molar-refractivity contribution < 1.29 is 17.8 Å². The largest absolute Gasteiger partial charge is 0.296 e. The molecular weight excluding hydrogens is 150 g/mol. The third-order valence-corrected chi connectivity index (χ3v) is 1.28. The van der Waals surface area contributed by atoms with Crippen molar-refractivity contribution in [3.8, 4) is 0 Å². The summed E-state index contributed by atoms with van der Waals surface area (Å²) in [5.74, 6) is -1.80. The third kappa shape index (κ3) is 4.20. The molecule has 0 rings (SSSR count). The molecule has 0 aromatic carbocycles. The molecule has 2 nitrogen and oxygen atoms in total. The third-order valence-electron chi connectivity index (χ3n) is 0.589. The van der Waals surface area contributed by atoms with E-state index in [9.17, 15) is 17.8 Å². The zero-order valence-electron chi connectivity index (χ0n) is 4.77. The van der Waals surface area contributed by atoms with Crippen molar-refractivity contribution in [2.24, 2.45) is 0 Å². The average molecular weight is 156 g/mol. The Labute approximate surface area is 53.7 Å². The van der Waals surface area contributed by atoms with E-state index >= 15 is 0 Å². The first-order chi connectivity index (χ1) is 4.04. The maximum atomic E-state index is 11.3. The molecule has 0 radical (unpaired) electrons. The Bertz CT molecular complexity index is 135. The number of carbonyl (C=O) groups excluding carboxylic acids is 1. The summed E-state index contributed by atoms with van der Waals surface area (Å²) in [7, 11) is -1.45. The summed E-state index contributed by atoms with van der Waals surface area (Å²) in [6.45, 7) is 0. The summed E-state index contributed by atoms with van der Waals surface area (Å²) < 4.78 is 32.7. The standard InChI is InChI=1S/C4H6F2O2S/c1-9(8)2-3(7)4(5)6/h4H,2H2,1H3. The topological polar surface area (TPSA) is 34.1 Å². The van der Waals surface area contributed by atoms with Crippen molar-refractivity contribution in [2.75, 3.05) is 12.0 Å². The van der Waals surface area contributed by atoms with E-state index in [4.69, 9.17) is 0 Å². The molecule has 0 aromatic rings. The van der Waals surface area contributed by atoms with E-state index < -0.39 is 28.8 Å². The van der Waals surface area contributed by atoms with Gasteiger partial charge in [0, 0.05) is 17.1 Å². The van der Waals surface area contributed by atoms with Crippen LogP contribution >= 0.6 is 0 Å². The first-order valence-corrected chi connectivity index (χ1v) is 3.87. The summed E-state index contributed by atoms with van der Waals surface area (Å²) >= 11 is 0. The van der Waals surface area contributed by atoms with Crippen LogP contribution in [-0.2, 0) is 15.6 Å². The van der Waals surface area contributed by atoms with Crippen molar-refractivity contribution in [2.45, 2.75) is 6.43 Å². The van der Waals surface area contributed by atoms with Crippen molar-refractivity contribution in [1.29, 1.82) is 0 Å². The Morgan fingerprint density at radius 3 is 2.22 bits per heavy atom. The molecule has 0 saturated carbocycles. The Balaban J connectivity index is 3.64. The summed E-state index contributed by atoms with van der Waals surface area (Å²) in [5.41, 5.74) is 0. The van der Waals surface area contributed by atoms with Gasteiger partial charge in [0.05, 0.1) is 5.75 Å². The molecule has 0 aliphatic heterocycles. The molecule has 9 heavy (non-hydrogen) atoms. The Hall–Kier alpha value is -0.320. The summed E-state index contributed by atoms with van der Waals surface area (Å²) in [5, 5.41) is 0. The van der Waals surface area contributed by atoms with E-state index in [0.29, 0.717) is 0 Å². The predicted molar refractivity (Wildman–Crippen MR) is 29.9 cm³/mol. The molecule has 0 aliphatic carbocycles. The van der Waals surface area contributed by atoms with Gasteiger partial charge in [-0.15, -0.1) is 0 Å². The Kier molecular flexibility index (Phi) is 3.53. The molecule has 0 fully saturated rings. The van der Waals surface area contributed by atoms with Gasteiger partial charge in [-0.05, 0) is 0 Å². The Morgan fingerprint density at radius 1 is 1.67 bits per heavy atom. The van der Waals surface area contributed by atoms with Gasteiger partial charge in [-0.25, -0.2) is 8.78 Å². The second-order valence-electron chi connectivity index (χ2n) is 1.48. The Morgan fingerprint density at radius 2 is 2.11 bits per heavy atom. The number of alkyl halides is 2. The van der Waals surface area contributed by atoms with Gasteiger partial charge in [0.1, 0.15) is 0 Å². The number of rotatable bonds is 3. The van der Waals surface area contributed by atoms with Crippen LogP contribution in [-0.4, -0.2) is 28.4 Å². The average Bonchev–Trinajstić information content (AvgIpc) is 1.63. The van der Waals surface area contributed by atoms with E-state index in [2.05, 4.69) is 0 Å². The monoisotopic (exact) mass is 156 g/mol. The van der Waals surface area contributed by atoms with E-state index in [1.807, 2.05) is 0 Å². The minimum absolute atomic E-state index is 0.544. The molecule has 5 heteroatoms. The highest BCUT2D eigenvalue weighted by Crippen LogP contribution is 1.94. The lowest BCUT2D eigenvalue weighted by atomic mass is 10.5. The number of hydrogen-bond donors (Lipinski definition) is 0. The number of carbonyl (C=O) groups is 1. The normalized spacial score (nSPS) is 13.8. The lowest BCUT2D eigenvalue weighted by Gasteiger charge is -1.92. The molecule has 54 valence electrons. The van der Waals surface area contributed by atoms with Crippen LogP contribution in [0.4, 0.5) is 8.78 Å². The second-order valence-corrected chi connectivity index (χ2v) is 2.92. The highest BCUT2D eigenvalue weighted by Gasteiger charge is 2.15. The van der Waals surface area contributed by atoms with Crippen molar-refractivity contribution in [3.05, 3.63) is 0 Å². The van der Waals surface area contributed by atoms with Crippen molar-refractivity contribution in [1.82, 2.24) is 0 Å². The van der Waals surface area contributed by atoms with Crippen LogP contribution in [0.3, 0.4) is 0 Å². The van der Waals surface area contributed by atoms with Crippen LogP contribution < -0.4 is 0 Å². The summed E-state index contributed by atoms with van der Waals surface area (Å²) in [6.07, 6.45) is -1.77. The van der Waals surface area contributed by atoms with Crippen LogP contribution in [0.15, 0.2) is 0 Å². The molecule has 0 aliphatic rings. The van der Waals surface area contributed by atoms with Gasteiger partial charge in [-0.2, -0.15) is 0 Å². The highest BCUT2D eigenvalue weighted by molar-refractivity contribution is 7.85. The zero-order valence-corrected chi connectivity index (χ0v) is 5.58. The van der Waals surface area contributed by atoms with E-state index in [1.54, 1.807) is 0 Å². The fourth-order valence-corrected chi connectivity index (χ4v) is 0.790.